The van der Waals surface area contributed by atoms with Gasteiger partial charge in [-0.25, -0.2) is 9.59 Å². The average Bonchev–Trinajstić information content (AvgIpc) is 3.27. The number of nitrogens with zero attached hydrogens (tertiary/aromatic N) is 4. The molecule has 0 N–H and O–H groups in total. The van der Waals surface area contributed by atoms with Crippen LogP contribution in [0.25, 0.3) is 0 Å². The first-order valence-corrected chi connectivity index (χ1v) is 14.5. The molecule has 0 radical (unpaired) electrons. The molecule has 9 nitrogen and oxygen atoms in total. The summed E-state index contributed by atoms with van der Waals surface area (Å²) in [6, 6.07) is 5.29. The van der Waals surface area contributed by atoms with Gasteiger partial charge in [0.15, 0.2) is 0 Å². The molecule has 3 aliphatic heterocycles. The highest BCUT2D eigenvalue weighted by molar-refractivity contribution is 5.79. The van der Waals surface area contributed by atoms with E-state index in [4.69, 9.17) is 9.47 Å². The van der Waals surface area contributed by atoms with Gasteiger partial charge in [0.05, 0.1) is 19.2 Å². The van der Waals surface area contributed by atoms with Crippen molar-refractivity contribution in [3.8, 4) is 0 Å². The zero-order chi connectivity index (χ0) is 29.2. The molecule has 0 unspecified atom stereocenters. The van der Waals surface area contributed by atoms with Crippen LogP contribution in [0, 0.1) is 11.8 Å². The second kappa shape index (κ2) is 12.1. The highest BCUT2D eigenvalue weighted by atomic mass is 19.4. The Kier molecular flexibility index (Phi) is 8.68. The van der Waals surface area contributed by atoms with Crippen LogP contribution in [0.3, 0.4) is 0 Å². The first kappa shape index (κ1) is 29.5. The Labute approximate surface area is 238 Å². The molecule has 0 aromatic heterocycles. The maximum Gasteiger partial charge on any atom is 0.416 e. The van der Waals surface area contributed by atoms with Crippen molar-refractivity contribution < 1.29 is 37.0 Å². The van der Waals surface area contributed by atoms with Crippen molar-refractivity contribution >= 4 is 18.1 Å². The number of hydrogen-bond acceptors (Lipinski definition) is 6. The Morgan fingerprint density at radius 3 is 2.15 bits per heavy atom. The molecule has 3 saturated heterocycles. The van der Waals surface area contributed by atoms with Crippen LogP contribution in [0.2, 0.25) is 0 Å². The van der Waals surface area contributed by atoms with Gasteiger partial charge in [0.25, 0.3) is 0 Å². The lowest BCUT2D eigenvalue weighted by atomic mass is 9.81. The van der Waals surface area contributed by atoms with Crippen LogP contribution in [-0.4, -0.2) is 103 Å². The van der Waals surface area contributed by atoms with Crippen LogP contribution < -0.4 is 0 Å². The van der Waals surface area contributed by atoms with Gasteiger partial charge < -0.3 is 24.2 Å². The molecule has 0 atom stereocenters. The summed E-state index contributed by atoms with van der Waals surface area (Å²) in [5, 5.41) is 0. The number of hydrogen-bond donors (Lipinski definition) is 0. The molecule has 1 spiro atoms. The minimum atomic E-state index is -4.34. The molecule has 0 bridgehead atoms. The number of likely N-dealkylation sites (tertiary alicyclic amines) is 1. The highest BCUT2D eigenvalue weighted by Gasteiger charge is 2.47. The normalized spacial score (nSPS) is 25.4. The van der Waals surface area contributed by atoms with Crippen molar-refractivity contribution in [2.24, 2.45) is 11.8 Å². The fourth-order valence-corrected chi connectivity index (χ4v) is 6.67. The summed E-state index contributed by atoms with van der Waals surface area (Å²) in [6.07, 6.45) is -0.213. The third-order valence-electron chi connectivity index (χ3n) is 9.19. The zero-order valence-corrected chi connectivity index (χ0v) is 23.5. The quantitative estimate of drug-likeness (QED) is 0.519. The van der Waals surface area contributed by atoms with Gasteiger partial charge in [-0.3, -0.25) is 9.69 Å². The van der Waals surface area contributed by atoms with E-state index in [1.54, 1.807) is 4.90 Å². The van der Waals surface area contributed by atoms with Crippen LogP contribution >= 0.6 is 0 Å². The number of piperidine rings is 1. The molecule has 1 aromatic carbocycles. The molecule has 226 valence electrons. The summed E-state index contributed by atoms with van der Waals surface area (Å²) in [4.78, 5) is 45.0. The summed E-state index contributed by atoms with van der Waals surface area (Å²) < 4.78 is 49.2. The van der Waals surface area contributed by atoms with E-state index in [1.807, 2.05) is 9.80 Å². The highest BCUT2D eigenvalue weighted by Crippen LogP contribution is 2.37. The Hall–Kier alpha value is -3.02. The molecule has 4 fully saturated rings. The number of carbonyl (C=O) groups excluding carboxylic acids is 3. The van der Waals surface area contributed by atoms with E-state index >= 15 is 0 Å². The Bertz CT molecular complexity index is 1090. The van der Waals surface area contributed by atoms with E-state index in [0.717, 1.165) is 43.4 Å². The standard InChI is InChI=1S/C29H39F3N4O5/c1-40-26(38)35-16-14-34(15-17-35)25(37)23-6-2-22(3-7-23)19-36-20-28(41-27(36)39)10-12-33(13-11-28)18-21-4-8-24(9-5-21)29(30,31)32/h4-5,8-9,22-23H,2-3,6-7,10-20H2,1H3. The van der Waals surface area contributed by atoms with E-state index in [0.29, 0.717) is 77.7 Å². The fourth-order valence-electron chi connectivity index (χ4n) is 6.67. The van der Waals surface area contributed by atoms with Crippen molar-refractivity contribution in [2.75, 3.05) is 59.5 Å². The van der Waals surface area contributed by atoms with Crippen LogP contribution in [0.15, 0.2) is 24.3 Å². The van der Waals surface area contributed by atoms with Crippen molar-refractivity contribution in [3.63, 3.8) is 0 Å². The number of rotatable bonds is 5. The summed E-state index contributed by atoms with van der Waals surface area (Å²) in [5.74, 6) is 0.482. The van der Waals surface area contributed by atoms with Gasteiger partial charge in [-0.1, -0.05) is 12.1 Å². The van der Waals surface area contributed by atoms with Gasteiger partial charge in [0.1, 0.15) is 5.60 Å². The molecule has 5 rings (SSSR count). The van der Waals surface area contributed by atoms with Crippen LogP contribution in [0.1, 0.15) is 49.7 Å². The molecule has 1 saturated carbocycles. The maximum atomic E-state index is 13.1. The topological polar surface area (TPSA) is 82.6 Å². The Balaban J connectivity index is 1.04. The first-order chi connectivity index (χ1) is 19.5. The smallest absolute Gasteiger partial charge is 0.416 e. The van der Waals surface area contributed by atoms with Gasteiger partial charge in [0, 0.05) is 71.1 Å². The van der Waals surface area contributed by atoms with E-state index in [-0.39, 0.29) is 24.0 Å². The minimum absolute atomic E-state index is 0.0122. The van der Waals surface area contributed by atoms with Gasteiger partial charge >= 0.3 is 18.4 Å². The van der Waals surface area contributed by atoms with Gasteiger partial charge in [-0.2, -0.15) is 13.2 Å². The number of carbonyl (C=O) groups is 3. The third-order valence-corrected chi connectivity index (χ3v) is 9.19. The number of amides is 3. The SMILES string of the molecule is COC(=O)N1CCN(C(=O)C2CCC(CN3CC4(CCN(Cc5ccc(C(F)(F)F)cc5)CC4)OC3=O)CC2)CC1. The third kappa shape index (κ3) is 6.90. The van der Waals surface area contributed by atoms with Crippen molar-refractivity contribution in [1.82, 2.24) is 19.6 Å². The molecule has 41 heavy (non-hydrogen) atoms. The summed E-state index contributed by atoms with van der Waals surface area (Å²) in [5.41, 5.74) is -0.323. The largest absolute Gasteiger partial charge is 0.453 e. The lowest BCUT2D eigenvalue weighted by molar-refractivity contribution is -0.138. The Morgan fingerprint density at radius 2 is 1.56 bits per heavy atom. The summed E-state index contributed by atoms with van der Waals surface area (Å²) in [6.45, 7) is 5.20. The first-order valence-electron chi connectivity index (χ1n) is 14.5. The average molecular weight is 581 g/mol. The number of ether oxygens (including phenoxy) is 2. The van der Waals surface area contributed by atoms with Crippen molar-refractivity contribution in [3.05, 3.63) is 35.4 Å². The number of piperazine rings is 1. The number of benzene rings is 1. The number of halogens is 3. The predicted molar refractivity (Wildman–Crippen MR) is 143 cm³/mol. The molecule has 4 aliphatic rings. The van der Waals surface area contributed by atoms with Crippen molar-refractivity contribution in [1.29, 1.82) is 0 Å². The van der Waals surface area contributed by atoms with Gasteiger partial charge in [0.2, 0.25) is 5.91 Å². The molecular weight excluding hydrogens is 541 g/mol. The van der Waals surface area contributed by atoms with Crippen LogP contribution in [0.4, 0.5) is 22.8 Å². The predicted octanol–water partition coefficient (Wildman–Crippen LogP) is 4.21. The second-order valence-electron chi connectivity index (χ2n) is 11.9. The maximum absolute atomic E-state index is 13.1. The monoisotopic (exact) mass is 580 g/mol. The molecule has 1 aromatic rings. The summed E-state index contributed by atoms with van der Waals surface area (Å²) >= 11 is 0. The molecular formula is C29H39F3N4O5. The molecule has 3 heterocycles. The summed E-state index contributed by atoms with van der Waals surface area (Å²) in [7, 11) is 1.36. The second-order valence-corrected chi connectivity index (χ2v) is 11.9. The molecule has 1 aliphatic carbocycles. The van der Waals surface area contributed by atoms with E-state index < -0.39 is 17.3 Å². The van der Waals surface area contributed by atoms with Crippen molar-refractivity contribution in [2.45, 2.75) is 56.8 Å². The van der Waals surface area contributed by atoms with E-state index in [2.05, 4.69) is 4.90 Å². The van der Waals surface area contributed by atoms with Crippen LogP contribution in [-0.2, 0) is 27.0 Å². The number of alkyl halides is 3. The minimum Gasteiger partial charge on any atom is -0.453 e. The van der Waals surface area contributed by atoms with E-state index in [1.165, 1.54) is 19.2 Å². The van der Waals surface area contributed by atoms with E-state index in [9.17, 15) is 27.6 Å². The van der Waals surface area contributed by atoms with Gasteiger partial charge in [-0.05, 0) is 49.3 Å². The lowest BCUT2D eigenvalue weighted by Gasteiger charge is -2.38. The number of methoxy groups -OCH3 is 1. The van der Waals surface area contributed by atoms with Crippen LogP contribution in [0.5, 0.6) is 0 Å². The lowest BCUT2D eigenvalue weighted by Crippen LogP contribution is -2.52. The van der Waals surface area contributed by atoms with Gasteiger partial charge in [-0.15, -0.1) is 0 Å². The molecule has 12 heteroatoms. The zero-order valence-electron chi connectivity index (χ0n) is 23.5. The fraction of sp³-hybridized carbons (Fsp3) is 0.690. The molecule has 3 amide bonds. The Morgan fingerprint density at radius 1 is 0.951 bits per heavy atom.